The maximum atomic E-state index is 12.9. The van der Waals surface area contributed by atoms with E-state index in [4.69, 9.17) is 0 Å². The molecule has 146 valence electrons. The Labute approximate surface area is 164 Å². The number of nitrogens with one attached hydrogen (secondary N) is 1. The molecule has 1 saturated heterocycles. The largest absolute Gasteiger partial charge is 0.354 e. The lowest BCUT2D eigenvalue weighted by Crippen LogP contribution is -2.46. The van der Waals surface area contributed by atoms with Crippen molar-refractivity contribution < 1.29 is 13.2 Å². The molecule has 2 aromatic heterocycles. The zero-order valence-corrected chi connectivity index (χ0v) is 16.2. The molecule has 1 amide bonds. The summed E-state index contributed by atoms with van der Waals surface area (Å²) in [5.41, 5.74) is 1.74. The van der Waals surface area contributed by atoms with Gasteiger partial charge in [0.1, 0.15) is 11.7 Å². The van der Waals surface area contributed by atoms with Crippen LogP contribution in [0, 0.1) is 0 Å². The van der Waals surface area contributed by atoms with E-state index in [0.29, 0.717) is 32.4 Å². The van der Waals surface area contributed by atoms with E-state index in [0.717, 1.165) is 11.3 Å². The first kappa shape index (κ1) is 18.6. The Bertz CT molecular complexity index is 1050. The van der Waals surface area contributed by atoms with Gasteiger partial charge in [-0.05, 0) is 37.1 Å². The molecule has 0 spiro atoms. The molecule has 1 aliphatic heterocycles. The summed E-state index contributed by atoms with van der Waals surface area (Å²) in [6, 6.07) is 13.4. The third-order valence-electron chi connectivity index (χ3n) is 4.95. The summed E-state index contributed by atoms with van der Waals surface area (Å²) < 4.78 is 29.0. The van der Waals surface area contributed by atoms with Gasteiger partial charge >= 0.3 is 0 Å². The van der Waals surface area contributed by atoms with Crippen LogP contribution in [0.15, 0.2) is 65.8 Å². The van der Waals surface area contributed by atoms with Crippen LogP contribution in [-0.2, 0) is 21.2 Å². The maximum absolute atomic E-state index is 12.9. The number of hydrogen-bond acceptors (Lipinski definition) is 4. The Morgan fingerprint density at radius 1 is 1.14 bits per heavy atom. The molecule has 1 unspecified atom stereocenters. The molecule has 8 heteroatoms. The highest BCUT2D eigenvalue weighted by Crippen LogP contribution is 2.26. The summed E-state index contributed by atoms with van der Waals surface area (Å²) >= 11 is 0. The predicted octanol–water partition coefficient (Wildman–Crippen LogP) is 1.85. The highest BCUT2D eigenvalue weighted by Gasteiger charge is 2.39. The van der Waals surface area contributed by atoms with Gasteiger partial charge in [-0.2, -0.15) is 4.31 Å². The van der Waals surface area contributed by atoms with Gasteiger partial charge in [0.05, 0.1) is 10.6 Å². The molecule has 1 atom stereocenters. The predicted molar refractivity (Wildman–Crippen MR) is 105 cm³/mol. The Morgan fingerprint density at radius 2 is 1.93 bits per heavy atom. The molecule has 0 bridgehead atoms. The van der Waals surface area contributed by atoms with E-state index in [2.05, 4.69) is 10.3 Å². The number of sulfonamides is 1. The van der Waals surface area contributed by atoms with Crippen molar-refractivity contribution in [3.8, 4) is 0 Å². The number of carbonyl (C=O) groups excluding carboxylic acids is 1. The second-order valence-electron chi connectivity index (χ2n) is 6.83. The van der Waals surface area contributed by atoms with Crippen molar-refractivity contribution in [3.63, 3.8) is 0 Å². The lowest BCUT2D eigenvalue weighted by Gasteiger charge is -2.23. The lowest BCUT2D eigenvalue weighted by molar-refractivity contribution is -0.124. The Hall–Kier alpha value is -2.71. The average molecular weight is 398 g/mol. The third-order valence-corrected chi connectivity index (χ3v) is 6.87. The number of amides is 1. The van der Waals surface area contributed by atoms with E-state index in [1.807, 2.05) is 35.0 Å². The van der Waals surface area contributed by atoms with Crippen LogP contribution in [0.3, 0.4) is 0 Å². The van der Waals surface area contributed by atoms with E-state index < -0.39 is 16.1 Å². The quantitative estimate of drug-likeness (QED) is 0.687. The normalized spacial score (nSPS) is 17.8. The monoisotopic (exact) mass is 398 g/mol. The van der Waals surface area contributed by atoms with Gasteiger partial charge in [-0.3, -0.25) is 4.79 Å². The van der Waals surface area contributed by atoms with Gasteiger partial charge < -0.3 is 9.72 Å². The fourth-order valence-corrected chi connectivity index (χ4v) is 5.23. The molecule has 3 heterocycles. The van der Waals surface area contributed by atoms with Crippen molar-refractivity contribution in [2.24, 2.45) is 0 Å². The van der Waals surface area contributed by atoms with Crippen molar-refractivity contribution in [1.29, 1.82) is 0 Å². The van der Waals surface area contributed by atoms with E-state index in [1.54, 1.807) is 30.3 Å². The number of rotatable bonds is 6. The van der Waals surface area contributed by atoms with Crippen molar-refractivity contribution in [1.82, 2.24) is 19.0 Å². The molecule has 7 nitrogen and oxygen atoms in total. The zero-order chi connectivity index (χ0) is 19.6. The minimum atomic E-state index is -3.67. The molecule has 28 heavy (non-hydrogen) atoms. The molecule has 0 saturated carbocycles. The van der Waals surface area contributed by atoms with E-state index in [1.165, 1.54) is 4.31 Å². The third kappa shape index (κ3) is 3.65. The summed E-state index contributed by atoms with van der Waals surface area (Å²) in [5.74, 6) is -0.249. The van der Waals surface area contributed by atoms with E-state index in [-0.39, 0.29) is 10.8 Å². The number of carbonyl (C=O) groups is 1. The van der Waals surface area contributed by atoms with Crippen LogP contribution in [0.2, 0.25) is 0 Å². The molecule has 1 fully saturated rings. The highest BCUT2D eigenvalue weighted by atomic mass is 32.2. The number of aromatic nitrogens is 2. The molecular formula is C20H22N4O3S. The van der Waals surface area contributed by atoms with Gasteiger partial charge in [-0.25, -0.2) is 13.4 Å². The SMILES string of the molecule is O=C(NCCc1cn2ccccc2n1)C1CCCN1S(=O)(=O)c1ccccc1. The van der Waals surface area contributed by atoms with Crippen molar-refractivity contribution in [2.45, 2.75) is 30.2 Å². The number of imidazole rings is 1. The number of nitrogens with zero attached hydrogens (tertiary/aromatic N) is 3. The van der Waals surface area contributed by atoms with Crippen LogP contribution in [0.5, 0.6) is 0 Å². The maximum Gasteiger partial charge on any atom is 0.243 e. The Kier molecular flexibility index (Phi) is 5.15. The molecule has 0 radical (unpaired) electrons. The van der Waals surface area contributed by atoms with Crippen LogP contribution >= 0.6 is 0 Å². The van der Waals surface area contributed by atoms with Gasteiger partial charge in [-0.15, -0.1) is 0 Å². The van der Waals surface area contributed by atoms with Crippen molar-refractivity contribution in [2.75, 3.05) is 13.1 Å². The van der Waals surface area contributed by atoms with Crippen molar-refractivity contribution >= 4 is 21.6 Å². The van der Waals surface area contributed by atoms with Gasteiger partial charge in [0, 0.05) is 31.9 Å². The second-order valence-corrected chi connectivity index (χ2v) is 8.72. The zero-order valence-electron chi connectivity index (χ0n) is 15.4. The Morgan fingerprint density at radius 3 is 2.71 bits per heavy atom. The van der Waals surface area contributed by atoms with Gasteiger partial charge in [-0.1, -0.05) is 24.3 Å². The van der Waals surface area contributed by atoms with E-state index >= 15 is 0 Å². The van der Waals surface area contributed by atoms with Crippen LogP contribution in [0.25, 0.3) is 5.65 Å². The first-order chi connectivity index (χ1) is 13.6. The van der Waals surface area contributed by atoms with Crippen LogP contribution in [0.4, 0.5) is 0 Å². The highest BCUT2D eigenvalue weighted by molar-refractivity contribution is 7.89. The van der Waals surface area contributed by atoms with Gasteiger partial charge in [0.25, 0.3) is 0 Å². The first-order valence-electron chi connectivity index (χ1n) is 9.33. The molecular weight excluding hydrogens is 376 g/mol. The van der Waals surface area contributed by atoms with Crippen LogP contribution < -0.4 is 5.32 Å². The van der Waals surface area contributed by atoms with Crippen molar-refractivity contribution in [3.05, 3.63) is 66.6 Å². The topological polar surface area (TPSA) is 83.8 Å². The standard InChI is InChI=1S/C20H22N4O3S/c25-20(21-12-11-16-15-23-13-5-4-10-19(23)22-16)18-9-6-14-24(18)28(26,27)17-7-2-1-3-8-17/h1-5,7-8,10,13,15,18H,6,9,11-12,14H2,(H,21,25). The molecule has 4 rings (SSSR count). The van der Waals surface area contributed by atoms with Crippen LogP contribution in [0.1, 0.15) is 18.5 Å². The first-order valence-corrected chi connectivity index (χ1v) is 10.8. The number of fused-ring (bicyclic) bond motifs is 1. The summed E-state index contributed by atoms with van der Waals surface area (Å²) in [7, 11) is -3.67. The molecule has 1 N–H and O–H groups in total. The summed E-state index contributed by atoms with van der Waals surface area (Å²) in [4.78, 5) is 17.4. The molecule has 3 aromatic rings. The smallest absolute Gasteiger partial charge is 0.243 e. The number of hydrogen-bond donors (Lipinski definition) is 1. The second kappa shape index (κ2) is 7.73. The van der Waals surface area contributed by atoms with Gasteiger partial charge in [0.15, 0.2) is 0 Å². The summed E-state index contributed by atoms with van der Waals surface area (Å²) in [6.07, 6.45) is 5.66. The minimum Gasteiger partial charge on any atom is -0.354 e. The van der Waals surface area contributed by atoms with Gasteiger partial charge in [0.2, 0.25) is 15.9 Å². The molecule has 0 aliphatic carbocycles. The number of pyridine rings is 1. The molecule has 1 aromatic carbocycles. The minimum absolute atomic E-state index is 0.222. The van der Waals surface area contributed by atoms with E-state index in [9.17, 15) is 13.2 Å². The average Bonchev–Trinajstić information content (AvgIpc) is 3.35. The fraction of sp³-hybridized carbons (Fsp3) is 0.300. The molecule has 1 aliphatic rings. The summed E-state index contributed by atoms with van der Waals surface area (Å²) in [6.45, 7) is 0.778. The lowest BCUT2D eigenvalue weighted by atomic mass is 10.2. The fourth-order valence-electron chi connectivity index (χ4n) is 3.56. The Balaban J connectivity index is 1.39. The number of benzene rings is 1. The van der Waals surface area contributed by atoms with Crippen LogP contribution in [-0.4, -0.2) is 47.1 Å². The summed E-state index contributed by atoms with van der Waals surface area (Å²) in [5, 5.41) is 2.88.